The Labute approximate surface area is 129 Å². The molecule has 0 radical (unpaired) electrons. The number of hydrogen-bond donors (Lipinski definition) is 2. The van der Waals surface area contributed by atoms with Crippen LogP contribution in [-0.4, -0.2) is 36.4 Å². The Morgan fingerprint density at radius 3 is 2.73 bits per heavy atom. The Balaban J connectivity index is 1.57. The predicted molar refractivity (Wildman–Crippen MR) is 86.4 cm³/mol. The van der Waals surface area contributed by atoms with Crippen molar-refractivity contribution in [2.24, 2.45) is 5.10 Å². The largest absolute Gasteiger partial charge is 0.378 e. The zero-order valence-corrected chi connectivity index (χ0v) is 12.7. The molecule has 6 nitrogen and oxygen atoms in total. The third-order valence-electron chi connectivity index (χ3n) is 3.64. The Hall–Kier alpha value is -2.63. The summed E-state index contributed by atoms with van der Waals surface area (Å²) >= 11 is 0. The van der Waals surface area contributed by atoms with Gasteiger partial charge in [-0.25, -0.2) is 5.43 Å². The molecule has 6 heteroatoms. The van der Waals surface area contributed by atoms with Gasteiger partial charge in [0.2, 0.25) is 0 Å². The van der Waals surface area contributed by atoms with E-state index in [1.807, 2.05) is 43.3 Å². The number of nitrogens with one attached hydrogen (secondary N) is 2. The predicted octanol–water partition coefficient (Wildman–Crippen LogP) is 2.12. The van der Waals surface area contributed by atoms with Gasteiger partial charge in [0.15, 0.2) is 5.69 Å². The van der Waals surface area contributed by atoms with Gasteiger partial charge >= 0.3 is 0 Å². The van der Waals surface area contributed by atoms with E-state index in [0.717, 1.165) is 16.9 Å². The van der Waals surface area contributed by atoms with Crippen LogP contribution >= 0.6 is 0 Å². The van der Waals surface area contributed by atoms with Gasteiger partial charge in [0.05, 0.1) is 6.21 Å². The fourth-order valence-corrected chi connectivity index (χ4v) is 2.14. The second kappa shape index (κ2) is 6.01. The Morgan fingerprint density at radius 1 is 1.36 bits per heavy atom. The molecule has 0 bridgehead atoms. The molecule has 1 saturated carbocycles. The number of carbonyl (C=O) groups is 1. The Bertz CT molecular complexity index is 683. The molecule has 1 fully saturated rings. The van der Waals surface area contributed by atoms with Crippen molar-refractivity contribution >= 4 is 17.8 Å². The van der Waals surface area contributed by atoms with Gasteiger partial charge < -0.3 is 4.90 Å². The van der Waals surface area contributed by atoms with Crippen LogP contribution in [0.5, 0.6) is 0 Å². The summed E-state index contributed by atoms with van der Waals surface area (Å²) in [5, 5.41) is 10.9. The van der Waals surface area contributed by atoms with E-state index in [1.54, 1.807) is 12.3 Å². The first-order valence-corrected chi connectivity index (χ1v) is 7.29. The van der Waals surface area contributed by atoms with Crippen molar-refractivity contribution in [1.82, 2.24) is 15.6 Å². The molecule has 0 saturated heterocycles. The maximum atomic E-state index is 11.9. The number of hydrogen-bond acceptors (Lipinski definition) is 4. The molecule has 1 amide bonds. The molecular weight excluding hydrogens is 278 g/mol. The van der Waals surface area contributed by atoms with Crippen molar-refractivity contribution in [1.29, 1.82) is 0 Å². The van der Waals surface area contributed by atoms with Crippen molar-refractivity contribution in [3.8, 4) is 0 Å². The smallest absolute Gasteiger partial charge is 0.291 e. The number of H-pyrrole nitrogens is 1. The van der Waals surface area contributed by atoms with Crippen LogP contribution in [0.3, 0.4) is 0 Å². The number of amides is 1. The number of benzene rings is 1. The molecule has 1 aliphatic rings. The molecule has 0 spiro atoms. The van der Waals surface area contributed by atoms with Gasteiger partial charge in [-0.05, 0) is 36.6 Å². The standard InChI is InChI=1S/C16H19N5O/c1-21(2)13-7-3-11(4-8-13)10-17-20-16(22)15-9-14(18-19-15)12-5-6-12/h3-4,7-10,12H,5-6H2,1-2H3,(H,18,19)(H,20,22)/b17-10+. The fourth-order valence-electron chi connectivity index (χ4n) is 2.14. The van der Waals surface area contributed by atoms with Crippen molar-refractivity contribution in [3.63, 3.8) is 0 Å². The molecule has 0 aliphatic heterocycles. The van der Waals surface area contributed by atoms with Crippen LogP contribution in [0.25, 0.3) is 0 Å². The number of carbonyl (C=O) groups excluding carboxylic acids is 1. The number of hydrazone groups is 1. The summed E-state index contributed by atoms with van der Waals surface area (Å²) in [5.74, 6) is 0.247. The maximum absolute atomic E-state index is 11.9. The topological polar surface area (TPSA) is 73.4 Å². The molecule has 22 heavy (non-hydrogen) atoms. The first kappa shape index (κ1) is 14.3. The highest BCUT2D eigenvalue weighted by atomic mass is 16.2. The first-order valence-electron chi connectivity index (χ1n) is 7.29. The summed E-state index contributed by atoms with van der Waals surface area (Å²) in [5.41, 5.74) is 5.95. The highest BCUT2D eigenvalue weighted by Crippen LogP contribution is 2.38. The second-order valence-electron chi connectivity index (χ2n) is 5.67. The number of aromatic amines is 1. The summed E-state index contributed by atoms with van der Waals surface area (Å²) in [6, 6.07) is 9.70. The monoisotopic (exact) mass is 297 g/mol. The molecule has 114 valence electrons. The third-order valence-corrected chi connectivity index (χ3v) is 3.64. The van der Waals surface area contributed by atoms with Gasteiger partial charge in [0, 0.05) is 31.4 Å². The number of anilines is 1. The van der Waals surface area contributed by atoms with Gasteiger partial charge in [0.25, 0.3) is 5.91 Å². The Morgan fingerprint density at radius 2 is 2.09 bits per heavy atom. The van der Waals surface area contributed by atoms with E-state index in [-0.39, 0.29) is 5.91 Å². The van der Waals surface area contributed by atoms with E-state index >= 15 is 0 Å². The molecule has 2 N–H and O–H groups in total. The fraction of sp³-hybridized carbons (Fsp3) is 0.312. The van der Waals surface area contributed by atoms with Crippen molar-refractivity contribution < 1.29 is 4.79 Å². The lowest BCUT2D eigenvalue weighted by Crippen LogP contribution is -2.18. The summed E-state index contributed by atoms with van der Waals surface area (Å²) in [4.78, 5) is 13.9. The Kier molecular flexibility index (Phi) is 3.91. The minimum Gasteiger partial charge on any atom is -0.378 e. The molecule has 0 unspecified atom stereocenters. The van der Waals surface area contributed by atoms with Crippen LogP contribution in [0.2, 0.25) is 0 Å². The highest BCUT2D eigenvalue weighted by molar-refractivity contribution is 5.93. The van der Waals surface area contributed by atoms with E-state index in [2.05, 4.69) is 20.7 Å². The van der Waals surface area contributed by atoms with Crippen molar-refractivity contribution in [3.05, 3.63) is 47.3 Å². The minimum absolute atomic E-state index is 0.302. The van der Waals surface area contributed by atoms with E-state index in [9.17, 15) is 4.79 Å². The van der Waals surface area contributed by atoms with E-state index < -0.39 is 0 Å². The number of aromatic nitrogens is 2. The highest BCUT2D eigenvalue weighted by Gasteiger charge is 2.26. The minimum atomic E-state index is -0.302. The van der Waals surface area contributed by atoms with Crippen molar-refractivity contribution in [2.45, 2.75) is 18.8 Å². The van der Waals surface area contributed by atoms with E-state index in [1.165, 1.54) is 12.8 Å². The average molecular weight is 297 g/mol. The molecule has 3 rings (SSSR count). The van der Waals surface area contributed by atoms with Crippen LogP contribution in [0, 0.1) is 0 Å². The van der Waals surface area contributed by atoms with Crippen LogP contribution in [0.4, 0.5) is 5.69 Å². The molecule has 0 atom stereocenters. The van der Waals surface area contributed by atoms with Crippen LogP contribution < -0.4 is 10.3 Å². The number of rotatable bonds is 5. The lowest BCUT2D eigenvalue weighted by Gasteiger charge is -2.11. The SMILES string of the molecule is CN(C)c1ccc(/C=N/NC(=O)c2cc(C3CC3)[nH]n2)cc1. The van der Waals surface area contributed by atoms with Gasteiger partial charge in [-0.1, -0.05) is 12.1 Å². The maximum Gasteiger partial charge on any atom is 0.291 e. The summed E-state index contributed by atoms with van der Waals surface area (Å²) in [7, 11) is 3.98. The van der Waals surface area contributed by atoms with Gasteiger partial charge in [-0.2, -0.15) is 10.2 Å². The quantitative estimate of drug-likeness (QED) is 0.656. The lowest BCUT2D eigenvalue weighted by atomic mass is 10.2. The summed E-state index contributed by atoms with van der Waals surface area (Å²) in [6.45, 7) is 0. The van der Waals surface area contributed by atoms with Gasteiger partial charge in [0.1, 0.15) is 0 Å². The normalized spacial score (nSPS) is 14.3. The van der Waals surface area contributed by atoms with Crippen LogP contribution in [0.15, 0.2) is 35.4 Å². The zero-order valence-electron chi connectivity index (χ0n) is 12.7. The molecular formula is C16H19N5O. The van der Waals surface area contributed by atoms with Crippen LogP contribution in [0.1, 0.15) is 40.5 Å². The molecule has 1 aliphatic carbocycles. The van der Waals surface area contributed by atoms with Gasteiger partial charge in [-0.3, -0.25) is 9.89 Å². The number of nitrogens with zero attached hydrogens (tertiary/aromatic N) is 3. The summed E-state index contributed by atoms with van der Waals surface area (Å²) in [6.07, 6.45) is 3.96. The average Bonchev–Trinajstić information content (AvgIpc) is 3.25. The second-order valence-corrected chi connectivity index (χ2v) is 5.67. The zero-order chi connectivity index (χ0) is 15.5. The summed E-state index contributed by atoms with van der Waals surface area (Å²) < 4.78 is 0. The third kappa shape index (κ3) is 3.33. The lowest BCUT2D eigenvalue weighted by molar-refractivity contribution is 0.0950. The molecule has 1 aromatic heterocycles. The van der Waals surface area contributed by atoms with E-state index in [0.29, 0.717) is 11.6 Å². The molecule has 2 aromatic rings. The molecule has 1 aromatic carbocycles. The van der Waals surface area contributed by atoms with E-state index in [4.69, 9.17) is 0 Å². The van der Waals surface area contributed by atoms with Gasteiger partial charge in [-0.15, -0.1) is 0 Å². The molecule has 1 heterocycles. The van der Waals surface area contributed by atoms with Crippen LogP contribution in [-0.2, 0) is 0 Å². The first-order chi connectivity index (χ1) is 10.6. The van der Waals surface area contributed by atoms with Crippen molar-refractivity contribution in [2.75, 3.05) is 19.0 Å².